The fourth-order valence-electron chi connectivity index (χ4n) is 1.97. The van der Waals surface area contributed by atoms with Crippen molar-refractivity contribution in [2.75, 3.05) is 12.8 Å². The Labute approximate surface area is 138 Å². The van der Waals surface area contributed by atoms with E-state index in [0.717, 1.165) is 21.2 Å². The van der Waals surface area contributed by atoms with E-state index in [1.807, 2.05) is 37.4 Å². The van der Waals surface area contributed by atoms with Crippen LogP contribution < -0.4 is 5.32 Å². The average molecular weight is 344 g/mol. The van der Waals surface area contributed by atoms with Crippen molar-refractivity contribution in [1.82, 2.24) is 5.32 Å². The Balaban J connectivity index is 1.99. The van der Waals surface area contributed by atoms with Crippen molar-refractivity contribution in [2.24, 2.45) is 0 Å². The molecule has 5 heteroatoms. The van der Waals surface area contributed by atoms with Crippen LogP contribution in [0.15, 0.2) is 47.4 Å². The van der Waals surface area contributed by atoms with Gasteiger partial charge in [-0.25, -0.2) is 4.39 Å². The molecule has 2 rings (SSSR count). The molecule has 0 saturated carbocycles. The van der Waals surface area contributed by atoms with Crippen LogP contribution in [0.4, 0.5) is 4.39 Å². The monoisotopic (exact) mass is 343 g/mol. The molecule has 0 radical (unpaired) electrons. The molecule has 0 bridgehead atoms. The van der Waals surface area contributed by atoms with Gasteiger partial charge in [0, 0.05) is 21.7 Å². The minimum Gasteiger partial charge on any atom is -0.316 e. The molecule has 0 aromatic heterocycles. The molecule has 2 aromatic rings. The van der Waals surface area contributed by atoms with E-state index >= 15 is 0 Å². The predicted octanol–water partition coefficient (Wildman–Crippen LogP) is 5.06. The van der Waals surface area contributed by atoms with E-state index in [9.17, 15) is 4.39 Å². The molecule has 0 saturated heterocycles. The fourth-order valence-corrected chi connectivity index (χ4v) is 3.49. The van der Waals surface area contributed by atoms with Crippen LogP contribution in [0.25, 0.3) is 0 Å². The summed E-state index contributed by atoms with van der Waals surface area (Å²) in [5, 5.41) is 4.19. The van der Waals surface area contributed by atoms with E-state index in [-0.39, 0.29) is 16.9 Å². The van der Waals surface area contributed by atoms with E-state index in [2.05, 4.69) is 5.32 Å². The second-order valence-corrected chi connectivity index (χ2v) is 6.58. The van der Waals surface area contributed by atoms with Crippen LogP contribution in [-0.4, -0.2) is 18.8 Å². The molecule has 0 spiro atoms. The standard InChI is InChI=1S/C16H16Cl2FNS/c1-20-13(8-11-4-2-7-15(19)16(11)18)10-21-14-6-3-5-12(17)9-14/h2-7,9,13,20H,8,10H2,1H3. The highest BCUT2D eigenvalue weighted by molar-refractivity contribution is 7.99. The maximum atomic E-state index is 13.5. The van der Waals surface area contributed by atoms with Gasteiger partial charge in [-0.15, -0.1) is 11.8 Å². The Bertz CT molecular complexity index is 607. The number of halogens is 3. The number of benzene rings is 2. The van der Waals surface area contributed by atoms with Crippen molar-refractivity contribution in [3.63, 3.8) is 0 Å². The number of rotatable bonds is 6. The van der Waals surface area contributed by atoms with E-state index in [1.54, 1.807) is 17.8 Å². The topological polar surface area (TPSA) is 12.0 Å². The summed E-state index contributed by atoms with van der Waals surface area (Å²) >= 11 is 13.7. The van der Waals surface area contributed by atoms with Gasteiger partial charge in [0.2, 0.25) is 0 Å². The van der Waals surface area contributed by atoms with Crippen LogP contribution in [0.5, 0.6) is 0 Å². The third-order valence-corrected chi connectivity index (χ3v) is 4.97. The molecule has 112 valence electrons. The Morgan fingerprint density at radius 2 is 1.95 bits per heavy atom. The molecule has 0 amide bonds. The van der Waals surface area contributed by atoms with Crippen LogP contribution in [0.2, 0.25) is 10.0 Å². The molecular weight excluding hydrogens is 328 g/mol. The van der Waals surface area contributed by atoms with Gasteiger partial charge in [-0.05, 0) is 43.3 Å². The van der Waals surface area contributed by atoms with Crippen LogP contribution in [-0.2, 0) is 6.42 Å². The Morgan fingerprint density at radius 1 is 1.19 bits per heavy atom. The summed E-state index contributed by atoms with van der Waals surface area (Å²) in [5.41, 5.74) is 0.822. The zero-order valence-corrected chi connectivity index (χ0v) is 13.9. The quantitative estimate of drug-likeness (QED) is 0.736. The second-order valence-electron chi connectivity index (χ2n) is 4.67. The van der Waals surface area contributed by atoms with E-state index in [0.29, 0.717) is 6.42 Å². The third-order valence-electron chi connectivity index (χ3n) is 3.15. The normalized spacial score (nSPS) is 12.4. The summed E-state index contributed by atoms with van der Waals surface area (Å²) in [6, 6.07) is 12.9. The van der Waals surface area contributed by atoms with Gasteiger partial charge in [-0.1, -0.05) is 41.4 Å². The number of thioether (sulfide) groups is 1. The highest BCUT2D eigenvalue weighted by atomic mass is 35.5. The van der Waals surface area contributed by atoms with Crippen LogP contribution >= 0.6 is 35.0 Å². The SMILES string of the molecule is CNC(CSc1cccc(Cl)c1)Cc1cccc(F)c1Cl. The Kier molecular flexibility index (Phi) is 6.37. The minimum absolute atomic E-state index is 0.202. The van der Waals surface area contributed by atoms with Crippen molar-refractivity contribution < 1.29 is 4.39 Å². The Morgan fingerprint density at radius 3 is 2.67 bits per heavy atom. The smallest absolute Gasteiger partial charge is 0.142 e. The van der Waals surface area contributed by atoms with Gasteiger partial charge in [0.25, 0.3) is 0 Å². The maximum absolute atomic E-state index is 13.5. The molecule has 1 atom stereocenters. The lowest BCUT2D eigenvalue weighted by Crippen LogP contribution is -2.30. The molecule has 0 heterocycles. The lowest BCUT2D eigenvalue weighted by atomic mass is 10.1. The largest absolute Gasteiger partial charge is 0.316 e. The minimum atomic E-state index is -0.369. The molecule has 0 aliphatic heterocycles. The first-order valence-electron chi connectivity index (χ1n) is 6.58. The van der Waals surface area contributed by atoms with Gasteiger partial charge >= 0.3 is 0 Å². The van der Waals surface area contributed by atoms with Gasteiger partial charge < -0.3 is 5.32 Å². The van der Waals surface area contributed by atoms with Crippen molar-refractivity contribution in [2.45, 2.75) is 17.4 Å². The van der Waals surface area contributed by atoms with E-state index < -0.39 is 0 Å². The number of nitrogens with one attached hydrogen (secondary N) is 1. The van der Waals surface area contributed by atoms with Gasteiger partial charge in [0.1, 0.15) is 5.82 Å². The molecule has 1 unspecified atom stereocenters. The summed E-state index contributed by atoms with van der Waals surface area (Å²) in [6.45, 7) is 0. The third kappa shape index (κ3) is 4.89. The van der Waals surface area contributed by atoms with Gasteiger partial charge in [0.05, 0.1) is 5.02 Å². The van der Waals surface area contributed by atoms with Gasteiger partial charge in [0.15, 0.2) is 0 Å². The molecule has 21 heavy (non-hydrogen) atoms. The molecule has 0 aliphatic rings. The fraction of sp³-hybridized carbons (Fsp3) is 0.250. The molecule has 1 nitrogen and oxygen atoms in total. The summed E-state index contributed by atoms with van der Waals surface area (Å²) in [6.07, 6.45) is 0.681. The van der Waals surface area contributed by atoms with Crippen LogP contribution in [0.3, 0.4) is 0 Å². The summed E-state index contributed by atoms with van der Waals surface area (Å²) in [4.78, 5) is 1.12. The van der Waals surface area contributed by atoms with E-state index in [1.165, 1.54) is 6.07 Å². The molecule has 1 N–H and O–H groups in total. The highest BCUT2D eigenvalue weighted by Gasteiger charge is 2.12. The lowest BCUT2D eigenvalue weighted by molar-refractivity contribution is 0.603. The van der Waals surface area contributed by atoms with Crippen molar-refractivity contribution >= 4 is 35.0 Å². The van der Waals surface area contributed by atoms with Gasteiger partial charge in [-0.3, -0.25) is 0 Å². The van der Waals surface area contributed by atoms with Crippen LogP contribution in [0.1, 0.15) is 5.56 Å². The maximum Gasteiger partial charge on any atom is 0.142 e. The van der Waals surface area contributed by atoms with Crippen molar-refractivity contribution in [1.29, 1.82) is 0 Å². The molecule has 0 aliphatic carbocycles. The lowest BCUT2D eigenvalue weighted by Gasteiger charge is -2.17. The first kappa shape index (κ1) is 16.6. The second kappa shape index (κ2) is 8.04. The first-order chi connectivity index (χ1) is 10.1. The summed E-state index contributed by atoms with van der Waals surface area (Å²) < 4.78 is 13.5. The van der Waals surface area contributed by atoms with Crippen molar-refractivity contribution in [3.8, 4) is 0 Å². The number of likely N-dealkylation sites (N-methyl/N-ethyl adjacent to an activating group) is 1. The number of hydrogen-bond donors (Lipinski definition) is 1. The zero-order valence-electron chi connectivity index (χ0n) is 11.6. The molecular formula is C16H16Cl2FNS. The zero-order chi connectivity index (χ0) is 15.2. The summed E-state index contributed by atoms with van der Waals surface area (Å²) in [7, 11) is 1.90. The summed E-state index contributed by atoms with van der Waals surface area (Å²) in [5.74, 6) is 0.482. The molecule has 0 fully saturated rings. The predicted molar refractivity (Wildman–Crippen MR) is 90.1 cm³/mol. The van der Waals surface area contributed by atoms with Gasteiger partial charge in [-0.2, -0.15) is 0 Å². The van der Waals surface area contributed by atoms with E-state index in [4.69, 9.17) is 23.2 Å². The van der Waals surface area contributed by atoms with Crippen molar-refractivity contribution in [3.05, 3.63) is 63.9 Å². The average Bonchev–Trinajstić information content (AvgIpc) is 2.48. The first-order valence-corrected chi connectivity index (χ1v) is 8.33. The Hall–Kier alpha value is -0.740. The van der Waals surface area contributed by atoms with Crippen LogP contribution in [0, 0.1) is 5.82 Å². The highest BCUT2D eigenvalue weighted by Crippen LogP contribution is 2.25. The number of hydrogen-bond acceptors (Lipinski definition) is 2. The molecule has 2 aromatic carbocycles.